The number of hydrogen-bond donors (Lipinski definition) is 1. The quantitative estimate of drug-likeness (QED) is 0.830. The molecule has 1 aromatic heterocycles. The molecule has 0 amide bonds. The molecule has 1 N–H and O–H groups in total. The molecule has 1 aliphatic heterocycles. The molecule has 2 unspecified atom stereocenters. The van der Waals surface area contributed by atoms with Gasteiger partial charge in [0, 0.05) is 13.1 Å². The van der Waals surface area contributed by atoms with E-state index in [1.54, 1.807) is 6.92 Å². The third-order valence-electron chi connectivity index (χ3n) is 3.55. The zero-order valence-electron chi connectivity index (χ0n) is 10.2. The summed E-state index contributed by atoms with van der Waals surface area (Å²) >= 11 is 0. The van der Waals surface area contributed by atoms with E-state index in [0.29, 0.717) is 0 Å². The molecule has 1 aromatic rings. The minimum atomic E-state index is -0.481. The van der Waals surface area contributed by atoms with E-state index in [0.717, 1.165) is 30.6 Å². The molecule has 1 fully saturated rings. The minimum absolute atomic E-state index is 0.481. The highest BCUT2D eigenvalue weighted by Gasteiger charge is 2.26. The van der Waals surface area contributed by atoms with Gasteiger partial charge in [-0.3, -0.25) is 4.98 Å². The molecular weight excluding hydrogens is 200 g/mol. The van der Waals surface area contributed by atoms with Crippen molar-refractivity contribution < 1.29 is 5.11 Å². The first kappa shape index (κ1) is 11.4. The Kier molecular flexibility index (Phi) is 3.15. The largest absolute Gasteiger partial charge is 0.387 e. The normalized spacial score (nSPS) is 27.1. The van der Waals surface area contributed by atoms with E-state index in [2.05, 4.69) is 29.8 Å². The zero-order chi connectivity index (χ0) is 11.7. The van der Waals surface area contributed by atoms with Crippen LogP contribution in [-0.2, 0) is 0 Å². The van der Waals surface area contributed by atoms with Crippen LogP contribution < -0.4 is 4.90 Å². The van der Waals surface area contributed by atoms with Crippen LogP contribution in [0.5, 0.6) is 0 Å². The van der Waals surface area contributed by atoms with Gasteiger partial charge in [-0.1, -0.05) is 13.8 Å². The Bertz CT molecular complexity index is 337. The van der Waals surface area contributed by atoms with E-state index in [-0.39, 0.29) is 0 Å². The number of aromatic nitrogens is 1. The molecule has 0 aliphatic carbocycles. The van der Waals surface area contributed by atoms with Crippen molar-refractivity contribution in [3.8, 4) is 0 Å². The van der Waals surface area contributed by atoms with Gasteiger partial charge in [0.25, 0.3) is 0 Å². The standard InChI is InChI=1S/C13H20N2O/c1-9-7-15(8-10(9)2)12-4-5-13(11(3)16)14-6-12/h4-6,9-11,16H,7-8H2,1-3H3/t9?,10?,11-/m0/s1. The molecule has 1 saturated heterocycles. The van der Waals surface area contributed by atoms with Crippen LogP contribution in [0.1, 0.15) is 32.6 Å². The Morgan fingerprint density at radius 2 is 1.94 bits per heavy atom. The highest BCUT2D eigenvalue weighted by molar-refractivity contribution is 5.46. The summed E-state index contributed by atoms with van der Waals surface area (Å²) in [5.41, 5.74) is 1.91. The summed E-state index contributed by atoms with van der Waals surface area (Å²) in [6.45, 7) is 8.54. The number of hydrogen-bond acceptors (Lipinski definition) is 3. The first-order valence-corrected chi connectivity index (χ1v) is 5.97. The summed E-state index contributed by atoms with van der Waals surface area (Å²) in [7, 11) is 0. The molecule has 1 aliphatic rings. The molecule has 88 valence electrons. The number of aliphatic hydroxyl groups is 1. The van der Waals surface area contributed by atoms with Gasteiger partial charge < -0.3 is 10.0 Å². The van der Waals surface area contributed by atoms with Crippen LogP contribution in [0.3, 0.4) is 0 Å². The Morgan fingerprint density at radius 3 is 2.38 bits per heavy atom. The van der Waals surface area contributed by atoms with E-state index >= 15 is 0 Å². The molecule has 3 nitrogen and oxygen atoms in total. The SMILES string of the molecule is CC1CN(c2ccc([C@H](C)O)nc2)CC1C. The Labute approximate surface area is 97.1 Å². The molecule has 0 spiro atoms. The minimum Gasteiger partial charge on any atom is -0.387 e. The second-order valence-corrected chi connectivity index (χ2v) is 4.98. The summed E-state index contributed by atoms with van der Waals surface area (Å²) in [4.78, 5) is 6.65. The molecule has 2 heterocycles. The van der Waals surface area contributed by atoms with Crippen molar-refractivity contribution in [2.75, 3.05) is 18.0 Å². The molecular formula is C13H20N2O. The van der Waals surface area contributed by atoms with Crippen LogP contribution in [0.2, 0.25) is 0 Å². The van der Waals surface area contributed by atoms with Crippen molar-refractivity contribution in [1.82, 2.24) is 4.98 Å². The average molecular weight is 220 g/mol. The number of pyridine rings is 1. The van der Waals surface area contributed by atoms with Gasteiger partial charge in [-0.15, -0.1) is 0 Å². The second-order valence-electron chi connectivity index (χ2n) is 4.98. The fraction of sp³-hybridized carbons (Fsp3) is 0.615. The van der Waals surface area contributed by atoms with Gasteiger partial charge in [0.05, 0.1) is 23.7 Å². The summed E-state index contributed by atoms with van der Waals surface area (Å²) < 4.78 is 0. The van der Waals surface area contributed by atoms with Gasteiger partial charge in [0.2, 0.25) is 0 Å². The van der Waals surface area contributed by atoms with Crippen molar-refractivity contribution in [3.63, 3.8) is 0 Å². The Balaban J connectivity index is 2.11. The number of aliphatic hydroxyl groups excluding tert-OH is 1. The van der Waals surface area contributed by atoms with Crippen LogP contribution in [0.15, 0.2) is 18.3 Å². The summed E-state index contributed by atoms with van der Waals surface area (Å²) in [5.74, 6) is 1.49. The van der Waals surface area contributed by atoms with Gasteiger partial charge in [-0.2, -0.15) is 0 Å². The van der Waals surface area contributed by atoms with Gasteiger partial charge in [-0.05, 0) is 30.9 Å². The molecule has 0 saturated carbocycles. The third-order valence-corrected chi connectivity index (χ3v) is 3.55. The maximum absolute atomic E-state index is 9.39. The van der Waals surface area contributed by atoms with Crippen LogP contribution >= 0.6 is 0 Å². The smallest absolute Gasteiger partial charge is 0.0931 e. The lowest BCUT2D eigenvalue weighted by molar-refractivity contribution is 0.194. The average Bonchev–Trinajstić information content (AvgIpc) is 2.59. The van der Waals surface area contributed by atoms with E-state index in [9.17, 15) is 5.11 Å². The lowest BCUT2D eigenvalue weighted by Gasteiger charge is -2.18. The van der Waals surface area contributed by atoms with Gasteiger partial charge in [-0.25, -0.2) is 0 Å². The van der Waals surface area contributed by atoms with Gasteiger partial charge in [0.15, 0.2) is 0 Å². The second kappa shape index (κ2) is 4.42. The zero-order valence-corrected chi connectivity index (χ0v) is 10.2. The predicted molar refractivity (Wildman–Crippen MR) is 65.4 cm³/mol. The number of nitrogens with zero attached hydrogens (tertiary/aromatic N) is 2. The van der Waals surface area contributed by atoms with E-state index < -0.39 is 6.10 Å². The predicted octanol–water partition coefficient (Wildman–Crippen LogP) is 2.23. The molecule has 0 radical (unpaired) electrons. The molecule has 16 heavy (non-hydrogen) atoms. The number of rotatable bonds is 2. The Morgan fingerprint density at radius 1 is 1.31 bits per heavy atom. The van der Waals surface area contributed by atoms with Crippen molar-refractivity contribution in [2.24, 2.45) is 11.8 Å². The third kappa shape index (κ3) is 2.19. The lowest BCUT2D eigenvalue weighted by atomic mass is 10.0. The van der Waals surface area contributed by atoms with E-state index in [1.807, 2.05) is 12.3 Å². The van der Waals surface area contributed by atoms with Crippen LogP contribution in [0.25, 0.3) is 0 Å². The highest BCUT2D eigenvalue weighted by atomic mass is 16.3. The van der Waals surface area contributed by atoms with Gasteiger partial charge >= 0.3 is 0 Å². The fourth-order valence-electron chi connectivity index (χ4n) is 2.17. The van der Waals surface area contributed by atoms with Crippen LogP contribution in [0.4, 0.5) is 5.69 Å². The summed E-state index contributed by atoms with van der Waals surface area (Å²) in [6, 6.07) is 3.97. The van der Waals surface area contributed by atoms with Gasteiger partial charge in [0.1, 0.15) is 0 Å². The summed E-state index contributed by atoms with van der Waals surface area (Å²) in [6.07, 6.45) is 1.39. The molecule has 2 rings (SSSR count). The van der Waals surface area contributed by atoms with Crippen molar-refractivity contribution in [2.45, 2.75) is 26.9 Å². The summed E-state index contributed by atoms with van der Waals surface area (Å²) in [5, 5.41) is 9.39. The lowest BCUT2D eigenvalue weighted by Crippen LogP contribution is -2.19. The molecule has 0 aromatic carbocycles. The maximum Gasteiger partial charge on any atom is 0.0931 e. The highest BCUT2D eigenvalue weighted by Crippen LogP contribution is 2.27. The molecule has 3 atom stereocenters. The molecule has 3 heteroatoms. The van der Waals surface area contributed by atoms with Crippen molar-refractivity contribution >= 4 is 5.69 Å². The fourth-order valence-corrected chi connectivity index (χ4v) is 2.17. The monoisotopic (exact) mass is 220 g/mol. The first-order chi connectivity index (χ1) is 7.58. The van der Waals surface area contributed by atoms with Crippen LogP contribution in [-0.4, -0.2) is 23.2 Å². The van der Waals surface area contributed by atoms with Crippen molar-refractivity contribution in [1.29, 1.82) is 0 Å². The first-order valence-electron chi connectivity index (χ1n) is 5.97. The van der Waals surface area contributed by atoms with E-state index in [1.165, 1.54) is 5.69 Å². The van der Waals surface area contributed by atoms with E-state index in [4.69, 9.17) is 0 Å². The van der Waals surface area contributed by atoms with Crippen LogP contribution in [0, 0.1) is 11.8 Å². The van der Waals surface area contributed by atoms with Crippen molar-refractivity contribution in [3.05, 3.63) is 24.0 Å². The Hall–Kier alpha value is -1.09. The topological polar surface area (TPSA) is 36.4 Å². The number of anilines is 1. The maximum atomic E-state index is 9.39. The molecule has 0 bridgehead atoms.